The molecule has 0 aliphatic carbocycles. The molecule has 0 spiro atoms. The zero-order valence-corrected chi connectivity index (χ0v) is 11.9. The van der Waals surface area contributed by atoms with Crippen LogP contribution in [0.5, 0.6) is 0 Å². The highest BCUT2D eigenvalue weighted by atomic mass is 32.2. The second kappa shape index (κ2) is 5.48. The first-order valence-corrected chi connectivity index (χ1v) is 7.47. The number of rotatable bonds is 5. The summed E-state index contributed by atoms with van der Waals surface area (Å²) in [7, 11) is -3.71. The Morgan fingerprint density at radius 3 is 2.85 bits per heavy atom. The Bertz CT molecular complexity index is 735. The van der Waals surface area contributed by atoms with Gasteiger partial charge in [0.15, 0.2) is 0 Å². The fourth-order valence-corrected chi connectivity index (χ4v) is 2.60. The number of aryl methyl sites for hydroxylation is 1. The lowest BCUT2D eigenvalue weighted by atomic mass is 10.2. The number of hydrogen-bond donors (Lipinski definition) is 2. The Kier molecular flexibility index (Phi) is 3.91. The van der Waals surface area contributed by atoms with Gasteiger partial charge in [0.05, 0.1) is 11.1 Å². The Labute approximate surface area is 118 Å². The van der Waals surface area contributed by atoms with Crippen molar-refractivity contribution < 1.29 is 8.42 Å². The zero-order valence-electron chi connectivity index (χ0n) is 11.1. The van der Waals surface area contributed by atoms with Gasteiger partial charge in [-0.15, -0.1) is 0 Å². The number of hydrogen-bond acceptors (Lipinski definition) is 4. The Balaban J connectivity index is 2.16. The number of benzene rings is 1. The molecule has 3 N–H and O–H groups in total. The normalized spacial score (nSPS) is 11.3. The van der Waals surface area contributed by atoms with Crippen molar-refractivity contribution in [1.82, 2.24) is 9.78 Å². The van der Waals surface area contributed by atoms with Crippen LogP contribution in [0.4, 0.5) is 5.69 Å². The molecule has 0 bridgehead atoms. The molecule has 7 heteroatoms. The van der Waals surface area contributed by atoms with E-state index in [9.17, 15) is 8.42 Å². The monoisotopic (exact) mass is 292 g/mol. The molecule has 20 heavy (non-hydrogen) atoms. The van der Waals surface area contributed by atoms with Gasteiger partial charge >= 0.3 is 0 Å². The fourth-order valence-electron chi connectivity index (χ4n) is 1.79. The molecular formula is C13H16N4O2S. The maximum absolute atomic E-state index is 11.4. The average molecular weight is 292 g/mol. The second-order valence-corrected chi connectivity index (χ2v) is 5.92. The van der Waals surface area contributed by atoms with Gasteiger partial charge in [-0.25, -0.2) is 18.2 Å². The maximum atomic E-state index is 11.4. The molecule has 0 saturated carbocycles. The molecule has 0 amide bonds. The standard InChI is InChI=1S/C13H16N4O2S/c1-3-17-9-11(8-16-17)7-15-12-5-4-10(2)13(6-12)20(14,18)19/h3-6,8-9,15H,1,7H2,2H3,(H2,14,18,19). The molecule has 0 saturated heterocycles. The number of sulfonamides is 1. The summed E-state index contributed by atoms with van der Waals surface area (Å²) >= 11 is 0. The SMILES string of the molecule is C=Cn1cc(CNc2ccc(C)c(S(N)(=O)=O)c2)cn1. The third-order valence-corrected chi connectivity index (χ3v) is 3.89. The van der Waals surface area contributed by atoms with Crippen LogP contribution in [-0.2, 0) is 16.6 Å². The smallest absolute Gasteiger partial charge is 0.238 e. The van der Waals surface area contributed by atoms with Gasteiger partial charge in [-0.1, -0.05) is 12.6 Å². The van der Waals surface area contributed by atoms with E-state index in [1.807, 2.05) is 12.3 Å². The summed E-state index contributed by atoms with van der Waals surface area (Å²) in [6.45, 7) is 5.85. The molecule has 0 radical (unpaired) electrons. The van der Waals surface area contributed by atoms with Crippen molar-refractivity contribution in [3.63, 3.8) is 0 Å². The highest BCUT2D eigenvalue weighted by Crippen LogP contribution is 2.19. The van der Waals surface area contributed by atoms with Crippen molar-refractivity contribution in [1.29, 1.82) is 0 Å². The molecule has 2 rings (SSSR count). The number of nitrogens with two attached hydrogens (primary N) is 1. The first-order valence-electron chi connectivity index (χ1n) is 5.93. The minimum atomic E-state index is -3.71. The van der Waals surface area contributed by atoms with Gasteiger partial charge in [-0.05, 0) is 24.6 Å². The van der Waals surface area contributed by atoms with E-state index < -0.39 is 10.0 Å². The summed E-state index contributed by atoms with van der Waals surface area (Å²) in [6.07, 6.45) is 5.13. The van der Waals surface area contributed by atoms with Gasteiger partial charge in [-0.2, -0.15) is 5.10 Å². The molecule has 2 aromatic rings. The molecule has 1 aromatic carbocycles. The number of anilines is 1. The van der Waals surface area contributed by atoms with Crippen molar-refractivity contribution in [3.8, 4) is 0 Å². The van der Waals surface area contributed by atoms with E-state index in [-0.39, 0.29) is 4.90 Å². The van der Waals surface area contributed by atoms with E-state index in [4.69, 9.17) is 5.14 Å². The largest absolute Gasteiger partial charge is 0.381 e. The molecule has 0 fully saturated rings. The van der Waals surface area contributed by atoms with E-state index in [2.05, 4.69) is 17.0 Å². The quantitative estimate of drug-likeness (QED) is 0.875. The lowest BCUT2D eigenvalue weighted by Gasteiger charge is -2.08. The van der Waals surface area contributed by atoms with E-state index in [1.165, 1.54) is 6.07 Å². The molecule has 0 atom stereocenters. The van der Waals surface area contributed by atoms with Crippen molar-refractivity contribution in [2.24, 2.45) is 5.14 Å². The van der Waals surface area contributed by atoms with E-state index in [1.54, 1.807) is 30.1 Å². The third kappa shape index (κ3) is 3.25. The van der Waals surface area contributed by atoms with E-state index >= 15 is 0 Å². The van der Waals surface area contributed by atoms with Gasteiger partial charge in [0.2, 0.25) is 10.0 Å². The van der Waals surface area contributed by atoms with E-state index in [0.717, 1.165) is 5.56 Å². The van der Waals surface area contributed by atoms with Gasteiger partial charge < -0.3 is 5.32 Å². The average Bonchev–Trinajstić information content (AvgIpc) is 2.84. The van der Waals surface area contributed by atoms with Gasteiger partial charge in [0.25, 0.3) is 0 Å². The molecule has 0 aliphatic rings. The van der Waals surface area contributed by atoms with Crippen molar-refractivity contribution in [2.75, 3.05) is 5.32 Å². The lowest BCUT2D eigenvalue weighted by Crippen LogP contribution is -2.14. The van der Waals surface area contributed by atoms with Crippen LogP contribution in [0.25, 0.3) is 6.20 Å². The predicted octanol–water partition coefficient (Wildman–Crippen LogP) is 1.55. The summed E-state index contributed by atoms with van der Waals surface area (Å²) in [5.74, 6) is 0. The van der Waals surface area contributed by atoms with Crippen LogP contribution in [0, 0.1) is 6.92 Å². The number of nitrogens with one attached hydrogen (secondary N) is 1. The number of primary sulfonamides is 1. The van der Waals surface area contributed by atoms with Crippen LogP contribution < -0.4 is 10.5 Å². The first-order chi connectivity index (χ1) is 9.40. The Hall–Kier alpha value is -2.12. The predicted molar refractivity (Wildman–Crippen MR) is 78.5 cm³/mol. The zero-order chi connectivity index (χ0) is 14.8. The minimum absolute atomic E-state index is 0.129. The van der Waals surface area contributed by atoms with Gasteiger partial charge in [0, 0.05) is 30.2 Å². The lowest BCUT2D eigenvalue weighted by molar-refractivity contribution is 0.597. The summed E-state index contributed by atoms with van der Waals surface area (Å²) in [5, 5.41) is 12.4. The van der Waals surface area contributed by atoms with Crippen LogP contribution in [0.1, 0.15) is 11.1 Å². The minimum Gasteiger partial charge on any atom is -0.381 e. The second-order valence-electron chi connectivity index (χ2n) is 4.39. The van der Waals surface area contributed by atoms with Crippen LogP contribution in [0.2, 0.25) is 0 Å². The highest BCUT2D eigenvalue weighted by Gasteiger charge is 2.12. The number of aromatic nitrogens is 2. The fraction of sp³-hybridized carbons (Fsp3) is 0.154. The van der Waals surface area contributed by atoms with Crippen molar-refractivity contribution >= 4 is 21.9 Å². The summed E-state index contributed by atoms with van der Waals surface area (Å²) in [6, 6.07) is 5.06. The molecule has 106 valence electrons. The first kappa shape index (κ1) is 14.3. The van der Waals surface area contributed by atoms with Crippen LogP contribution in [-0.4, -0.2) is 18.2 Å². The maximum Gasteiger partial charge on any atom is 0.238 e. The van der Waals surface area contributed by atoms with E-state index in [0.29, 0.717) is 17.8 Å². The topological polar surface area (TPSA) is 90.0 Å². The Morgan fingerprint density at radius 1 is 1.50 bits per heavy atom. The highest BCUT2D eigenvalue weighted by molar-refractivity contribution is 7.89. The molecule has 1 aromatic heterocycles. The summed E-state index contributed by atoms with van der Waals surface area (Å²) in [5.41, 5.74) is 2.27. The molecular weight excluding hydrogens is 276 g/mol. The molecule has 6 nitrogen and oxygen atoms in total. The van der Waals surface area contributed by atoms with Crippen LogP contribution in [0.3, 0.4) is 0 Å². The molecule has 0 unspecified atom stereocenters. The molecule has 1 heterocycles. The van der Waals surface area contributed by atoms with Gasteiger partial charge in [0.1, 0.15) is 0 Å². The summed E-state index contributed by atoms with van der Waals surface area (Å²) < 4.78 is 24.5. The third-order valence-electron chi connectivity index (χ3n) is 2.83. The van der Waals surface area contributed by atoms with Gasteiger partial charge in [-0.3, -0.25) is 0 Å². The number of nitrogens with zero attached hydrogens (tertiary/aromatic N) is 2. The van der Waals surface area contributed by atoms with Crippen molar-refractivity contribution in [3.05, 3.63) is 48.3 Å². The summed E-state index contributed by atoms with van der Waals surface area (Å²) in [4.78, 5) is 0.129. The molecule has 0 aliphatic heterocycles. The van der Waals surface area contributed by atoms with Crippen LogP contribution in [0.15, 0.2) is 42.1 Å². The van der Waals surface area contributed by atoms with Crippen LogP contribution >= 0.6 is 0 Å². The van der Waals surface area contributed by atoms with Crippen molar-refractivity contribution in [2.45, 2.75) is 18.4 Å². The Morgan fingerprint density at radius 2 is 2.25 bits per heavy atom.